The largest absolute Gasteiger partial charge is 0.317 e. The van der Waals surface area contributed by atoms with Crippen LogP contribution >= 0.6 is 0 Å². The minimum Gasteiger partial charge on any atom is -0.317 e. The van der Waals surface area contributed by atoms with E-state index in [2.05, 4.69) is 33.1 Å². The van der Waals surface area contributed by atoms with Crippen LogP contribution in [0, 0.1) is 11.3 Å². The highest BCUT2D eigenvalue weighted by Crippen LogP contribution is 2.38. The molecular formula is C10H21N. The van der Waals surface area contributed by atoms with Crippen LogP contribution in [0.15, 0.2) is 0 Å². The third kappa shape index (κ3) is 2.48. The van der Waals surface area contributed by atoms with E-state index in [9.17, 15) is 0 Å². The van der Waals surface area contributed by atoms with Crippen LogP contribution in [0.25, 0.3) is 0 Å². The molecule has 0 aromatic heterocycles. The van der Waals surface area contributed by atoms with E-state index in [-0.39, 0.29) is 0 Å². The lowest BCUT2D eigenvalue weighted by Crippen LogP contribution is -2.38. The van der Waals surface area contributed by atoms with E-state index in [0.29, 0.717) is 5.41 Å². The Labute approximate surface area is 70.6 Å². The van der Waals surface area contributed by atoms with Crippen LogP contribution in [0.2, 0.25) is 0 Å². The normalized spacial score (nSPS) is 37.1. The molecule has 1 N–H and O–H groups in total. The minimum absolute atomic E-state index is 0.561. The molecule has 0 heterocycles. The van der Waals surface area contributed by atoms with Crippen LogP contribution in [0.3, 0.4) is 0 Å². The number of hydrogen-bond acceptors (Lipinski definition) is 1. The summed E-state index contributed by atoms with van der Waals surface area (Å²) < 4.78 is 0. The summed E-state index contributed by atoms with van der Waals surface area (Å²) in [6.07, 6.45) is 4.10. The fourth-order valence-corrected chi connectivity index (χ4v) is 2.57. The number of nitrogens with one attached hydrogen (secondary N) is 1. The van der Waals surface area contributed by atoms with Crippen molar-refractivity contribution in [3.05, 3.63) is 0 Å². The first-order valence-electron chi connectivity index (χ1n) is 4.71. The van der Waals surface area contributed by atoms with Gasteiger partial charge < -0.3 is 5.32 Å². The zero-order chi connectivity index (χ0) is 8.48. The van der Waals surface area contributed by atoms with Crippen molar-refractivity contribution >= 4 is 0 Å². The highest BCUT2D eigenvalue weighted by atomic mass is 14.9. The second-order valence-electron chi connectivity index (χ2n) is 4.90. The van der Waals surface area contributed by atoms with E-state index in [1.807, 2.05) is 0 Å². The summed E-state index contributed by atoms with van der Waals surface area (Å²) in [6, 6.07) is 0.758. The second kappa shape index (κ2) is 3.14. The summed E-state index contributed by atoms with van der Waals surface area (Å²) in [5.41, 5.74) is 0.561. The van der Waals surface area contributed by atoms with Crippen molar-refractivity contribution < 1.29 is 0 Å². The molecule has 2 atom stereocenters. The minimum atomic E-state index is 0.561. The highest BCUT2D eigenvalue weighted by Gasteiger charge is 2.30. The van der Waals surface area contributed by atoms with Crippen molar-refractivity contribution in [1.29, 1.82) is 0 Å². The Kier molecular flexibility index (Phi) is 2.58. The van der Waals surface area contributed by atoms with Crippen molar-refractivity contribution in [2.24, 2.45) is 11.3 Å². The molecule has 0 aliphatic heterocycles. The summed E-state index contributed by atoms with van der Waals surface area (Å²) in [5.74, 6) is 0.899. The van der Waals surface area contributed by atoms with Gasteiger partial charge in [-0.2, -0.15) is 0 Å². The number of hydrogen-bond donors (Lipinski definition) is 1. The molecule has 0 spiro atoms. The fraction of sp³-hybridized carbons (Fsp3) is 1.00. The molecule has 11 heavy (non-hydrogen) atoms. The van der Waals surface area contributed by atoms with Gasteiger partial charge in [-0.3, -0.25) is 0 Å². The van der Waals surface area contributed by atoms with Gasteiger partial charge in [-0.25, -0.2) is 0 Å². The molecular weight excluding hydrogens is 134 g/mol. The SMILES string of the molecule is CN[C@@H]1C[C@@H](C)CC(C)(C)C1. The van der Waals surface area contributed by atoms with Gasteiger partial charge >= 0.3 is 0 Å². The Morgan fingerprint density at radius 1 is 1.27 bits per heavy atom. The maximum Gasteiger partial charge on any atom is 0.00716 e. The van der Waals surface area contributed by atoms with Crippen molar-refractivity contribution in [3.63, 3.8) is 0 Å². The Morgan fingerprint density at radius 3 is 2.36 bits per heavy atom. The summed E-state index contributed by atoms with van der Waals surface area (Å²) in [5, 5.41) is 3.39. The Balaban J connectivity index is 2.51. The lowest BCUT2D eigenvalue weighted by atomic mass is 9.71. The molecule has 1 saturated carbocycles. The van der Waals surface area contributed by atoms with E-state index in [1.165, 1.54) is 19.3 Å². The maximum absolute atomic E-state index is 3.39. The van der Waals surface area contributed by atoms with Crippen molar-refractivity contribution in [2.45, 2.75) is 46.1 Å². The van der Waals surface area contributed by atoms with Crippen LogP contribution in [0.1, 0.15) is 40.0 Å². The Hall–Kier alpha value is -0.0400. The molecule has 0 amide bonds. The zero-order valence-corrected chi connectivity index (χ0v) is 8.28. The molecule has 66 valence electrons. The van der Waals surface area contributed by atoms with Gasteiger partial charge in [-0.1, -0.05) is 20.8 Å². The van der Waals surface area contributed by atoms with Gasteiger partial charge in [0.25, 0.3) is 0 Å². The first-order valence-corrected chi connectivity index (χ1v) is 4.71. The lowest BCUT2D eigenvalue weighted by Gasteiger charge is -2.38. The van der Waals surface area contributed by atoms with Crippen molar-refractivity contribution in [1.82, 2.24) is 5.32 Å². The third-order valence-electron chi connectivity index (χ3n) is 2.80. The average molecular weight is 155 g/mol. The smallest absolute Gasteiger partial charge is 0.00716 e. The molecule has 0 unspecified atom stereocenters. The predicted molar refractivity (Wildman–Crippen MR) is 49.6 cm³/mol. The molecule has 0 radical (unpaired) electrons. The fourth-order valence-electron chi connectivity index (χ4n) is 2.57. The highest BCUT2D eigenvalue weighted by molar-refractivity contribution is 4.85. The van der Waals surface area contributed by atoms with Crippen LogP contribution in [-0.2, 0) is 0 Å². The van der Waals surface area contributed by atoms with Gasteiger partial charge in [0.2, 0.25) is 0 Å². The van der Waals surface area contributed by atoms with Crippen LogP contribution in [0.4, 0.5) is 0 Å². The van der Waals surface area contributed by atoms with E-state index in [0.717, 1.165) is 12.0 Å². The van der Waals surface area contributed by atoms with Gasteiger partial charge in [0.15, 0.2) is 0 Å². The van der Waals surface area contributed by atoms with Gasteiger partial charge in [0, 0.05) is 6.04 Å². The van der Waals surface area contributed by atoms with Gasteiger partial charge in [0.05, 0.1) is 0 Å². The van der Waals surface area contributed by atoms with Crippen LogP contribution in [-0.4, -0.2) is 13.1 Å². The van der Waals surface area contributed by atoms with E-state index < -0.39 is 0 Å². The van der Waals surface area contributed by atoms with E-state index >= 15 is 0 Å². The topological polar surface area (TPSA) is 12.0 Å². The Bertz CT molecular complexity index is 129. The molecule has 0 aromatic carbocycles. The van der Waals surface area contributed by atoms with E-state index in [4.69, 9.17) is 0 Å². The summed E-state index contributed by atoms with van der Waals surface area (Å²) in [4.78, 5) is 0. The number of rotatable bonds is 1. The Morgan fingerprint density at radius 2 is 1.91 bits per heavy atom. The van der Waals surface area contributed by atoms with Crippen LogP contribution < -0.4 is 5.32 Å². The molecule has 0 aromatic rings. The average Bonchev–Trinajstić information content (AvgIpc) is 1.83. The molecule has 1 nitrogen and oxygen atoms in total. The van der Waals surface area contributed by atoms with Crippen molar-refractivity contribution in [3.8, 4) is 0 Å². The van der Waals surface area contributed by atoms with Gasteiger partial charge in [0.1, 0.15) is 0 Å². The maximum atomic E-state index is 3.39. The molecule has 0 saturated heterocycles. The first kappa shape index (κ1) is 9.05. The monoisotopic (exact) mass is 155 g/mol. The quantitative estimate of drug-likeness (QED) is 0.613. The molecule has 1 aliphatic carbocycles. The standard InChI is InChI=1S/C10H21N/c1-8-5-9(11-4)7-10(2,3)6-8/h8-9,11H,5-7H2,1-4H3/t8-,9-/m1/s1. The first-order chi connectivity index (χ1) is 5.03. The van der Waals surface area contributed by atoms with Gasteiger partial charge in [-0.15, -0.1) is 0 Å². The summed E-state index contributed by atoms with van der Waals surface area (Å²) >= 11 is 0. The molecule has 1 heteroatoms. The van der Waals surface area contributed by atoms with Gasteiger partial charge in [-0.05, 0) is 37.6 Å². The second-order valence-corrected chi connectivity index (χ2v) is 4.90. The lowest BCUT2D eigenvalue weighted by molar-refractivity contribution is 0.156. The molecule has 1 rings (SSSR count). The third-order valence-corrected chi connectivity index (χ3v) is 2.80. The summed E-state index contributed by atoms with van der Waals surface area (Å²) in [7, 11) is 2.08. The van der Waals surface area contributed by atoms with Crippen LogP contribution in [0.5, 0.6) is 0 Å². The zero-order valence-electron chi connectivity index (χ0n) is 8.28. The molecule has 1 fully saturated rings. The molecule has 1 aliphatic rings. The summed E-state index contributed by atoms with van der Waals surface area (Å²) in [6.45, 7) is 7.13. The molecule has 0 bridgehead atoms. The van der Waals surface area contributed by atoms with E-state index in [1.54, 1.807) is 0 Å². The van der Waals surface area contributed by atoms with Crippen molar-refractivity contribution in [2.75, 3.05) is 7.05 Å². The predicted octanol–water partition coefficient (Wildman–Crippen LogP) is 2.42.